The Labute approximate surface area is 234 Å². The molecule has 6 nitrogen and oxygen atoms in total. The smallest absolute Gasteiger partial charge is 0.243 e. The molecule has 0 spiro atoms. The molecular formula is C31H29ClN2O4S. The fourth-order valence-electron chi connectivity index (χ4n) is 4.22. The molecule has 0 radical (unpaired) electrons. The topological polar surface area (TPSA) is 83.6 Å². The molecule has 8 heteroatoms. The molecule has 0 aliphatic heterocycles. The van der Waals surface area contributed by atoms with Crippen LogP contribution in [0.5, 0.6) is 0 Å². The molecule has 200 valence electrons. The summed E-state index contributed by atoms with van der Waals surface area (Å²) in [4.78, 5) is 26.6. The maximum absolute atomic E-state index is 13.8. The average molecular weight is 561 g/mol. The van der Waals surface area contributed by atoms with Gasteiger partial charge in [-0.25, -0.2) is 8.42 Å². The van der Waals surface area contributed by atoms with Crippen molar-refractivity contribution in [3.8, 4) is 0 Å². The molecule has 4 rings (SSSR count). The van der Waals surface area contributed by atoms with Gasteiger partial charge >= 0.3 is 0 Å². The molecule has 1 N–H and O–H groups in total. The Bertz CT molecular complexity index is 1590. The zero-order valence-corrected chi connectivity index (χ0v) is 23.3. The third kappa shape index (κ3) is 7.00. The van der Waals surface area contributed by atoms with Gasteiger partial charge in [0, 0.05) is 22.7 Å². The van der Waals surface area contributed by atoms with E-state index in [4.69, 9.17) is 11.6 Å². The number of nitrogens with one attached hydrogen (secondary N) is 1. The molecule has 0 saturated heterocycles. The highest BCUT2D eigenvalue weighted by Crippen LogP contribution is 2.25. The highest BCUT2D eigenvalue weighted by Gasteiger charge is 2.28. The van der Waals surface area contributed by atoms with E-state index >= 15 is 0 Å². The number of amides is 1. The first kappa shape index (κ1) is 28.2. The standard InChI is InChI=1S/C31H29ClN2O4S/c1-22-13-14-23(2)29(19-22)39(37,38)34(18-17-24-9-5-3-6-10-24)21-30(35)33-28-16-15-26(32)20-27(28)31(36)25-11-7-4-8-12-25/h3-16,19-20H,17-18,21H2,1-2H3,(H,33,35). The number of sulfonamides is 1. The number of benzene rings is 4. The van der Waals surface area contributed by atoms with Crippen molar-refractivity contribution < 1.29 is 18.0 Å². The first-order valence-electron chi connectivity index (χ1n) is 12.5. The Hall–Kier alpha value is -3.78. The van der Waals surface area contributed by atoms with Crippen molar-refractivity contribution in [1.82, 2.24) is 4.31 Å². The van der Waals surface area contributed by atoms with Gasteiger partial charge in [0.1, 0.15) is 0 Å². The van der Waals surface area contributed by atoms with Gasteiger partial charge in [-0.2, -0.15) is 4.31 Å². The Morgan fingerprint density at radius 1 is 0.846 bits per heavy atom. The Morgan fingerprint density at radius 2 is 1.51 bits per heavy atom. The number of halogens is 1. The van der Waals surface area contributed by atoms with Crippen LogP contribution in [0.4, 0.5) is 5.69 Å². The predicted octanol–water partition coefficient (Wildman–Crippen LogP) is 6.06. The summed E-state index contributed by atoms with van der Waals surface area (Å²) in [6, 6.07) is 28.0. The molecule has 0 atom stereocenters. The van der Waals surface area contributed by atoms with Gasteiger partial charge in [0.05, 0.1) is 17.1 Å². The number of aryl methyl sites for hydroxylation is 2. The van der Waals surface area contributed by atoms with E-state index < -0.39 is 22.5 Å². The van der Waals surface area contributed by atoms with Gasteiger partial charge in [-0.1, -0.05) is 84.4 Å². The van der Waals surface area contributed by atoms with E-state index in [1.54, 1.807) is 61.5 Å². The fraction of sp³-hybridized carbons (Fsp3) is 0.161. The summed E-state index contributed by atoms with van der Waals surface area (Å²) in [5, 5.41) is 3.08. The van der Waals surface area contributed by atoms with Crippen molar-refractivity contribution in [2.75, 3.05) is 18.4 Å². The summed E-state index contributed by atoms with van der Waals surface area (Å²) in [7, 11) is -4.00. The van der Waals surface area contributed by atoms with E-state index in [1.165, 1.54) is 10.4 Å². The SMILES string of the molecule is Cc1ccc(C)c(S(=O)(=O)N(CCc2ccccc2)CC(=O)Nc2ccc(Cl)cc2C(=O)c2ccccc2)c1. The average Bonchev–Trinajstić information content (AvgIpc) is 2.93. The molecule has 0 heterocycles. The van der Waals surface area contributed by atoms with Crippen LogP contribution in [0.25, 0.3) is 0 Å². The number of hydrogen-bond donors (Lipinski definition) is 1. The lowest BCUT2D eigenvalue weighted by Gasteiger charge is -2.23. The molecule has 0 fully saturated rings. The minimum Gasteiger partial charge on any atom is -0.324 e. The van der Waals surface area contributed by atoms with Crippen molar-refractivity contribution >= 4 is 39.0 Å². The van der Waals surface area contributed by atoms with Gasteiger partial charge in [-0.05, 0) is 61.2 Å². The molecular weight excluding hydrogens is 532 g/mol. The van der Waals surface area contributed by atoms with Crippen molar-refractivity contribution in [3.05, 3.63) is 130 Å². The van der Waals surface area contributed by atoms with E-state index in [0.717, 1.165) is 11.1 Å². The van der Waals surface area contributed by atoms with Crippen LogP contribution in [0.15, 0.2) is 102 Å². The lowest BCUT2D eigenvalue weighted by atomic mass is 10.0. The van der Waals surface area contributed by atoms with Gasteiger partial charge in [0.2, 0.25) is 15.9 Å². The number of carbonyl (C=O) groups is 2. The Balaban J connectivity index is 1.62. The van der Waals surface area contributed by atoms with Crippen LogP contribution in [0, 0.1) is 13.8 Å². The second kappa shape index (κ2) is 12.4. The van der Waals surface area contributed by atoms with Gasteiger partial charge in [0.25, 0.3) is 0 Å². The molecule has 0 saturated carbocycles. The second-order valence-corrected chi connectivity index (χ2v) is 11.6. The number of carbonyl (C=O) groups excluding carboxylic acids is 2. The zero-order chi connectivity index (χ0) is 28.0. The second-order valence-electron chi connectivity index (χ2n) is 9.28. The lowest BCUT2D eigenvalue weighted by molar-refractivity contribution is -0.116. The van der Waals surface area contributed by atoms with Crippen LogP contribution in [0.1, 0.15) is 32.6 Å². The first-order valence-corrected chi connectivity index (χ1v) is 14.3. The highest BCUT2D eigenvalue weighted by molar-refractivity contribution is 7.89. The summed E-state index contributed by atoms with van der Waals surface area (Å²) in [5.74, 6) is -0.876. The number of hydrogen-bond acceptors (Lipinski definition) is 4. The summed E-state index contributed by atoms with van der Waals surface area (Å²) in [5.41, 5.74) is 3.27. The molecule has 0 aromatic heterocycles. The molecule has 0 aliphatic carbocycles. The van der Waals surface area contributed by atoms with Crippen molar-refractivity contribution in [1.29, 1.82) is 0 Å². The van der Waals surface area contributed by atoms with Crippen molar-refractivity contribution in [2.45, 2.75) is 25.2 Å². The van der Waals surface area contributed by atoms with E-state index in [2.05, 4.69) is 5.32 Å². The molecule has 39 heavy (non-hydrogen) atoms. The molecule has 4 aromatic rings. The zero-order valence-electron chi connectivity index (χ0n) is 21.7. The number of nitrogens with zero attached hydrogens (tertiary/aromatic N) is 1. The van der Waals surface area contributed by atoms with Gasteiger partial charge in [-0.3, -0.25) is 9.59 Å². The maximum atomic E-state index is 13.8. The minimum atomic E-state index is -4.00. The minimum absolute atomic E-state index is 0.101. The number of rotatable bonds is 10. The summed E-state index contributed by atoms with van der Waals surface area (Å²) in [6.45, 7) is 3.23. The van der Waals surface area contributed by atoms with E-state index in [9.17, 15) is 18.0 Å². The summed E-state index contributed by atoms with van der Waals surface area (Å²) >= 11 is 6.17. The quantitative estimate of drug-likeness (QED) is 0.239. The monoisotopic (exact) mass is 560 g/mol. The van der Waals surface area contributed by atoms with E-state index in [-0.39, 0.29) is 28.5 Å². The van der Waals surface area contributed by atoms with Crippen LogP contribution < -0.4 is 5.32 Å². The number of anilines is 1. The number of ketones is 1. The van der Waals surface area contributed by atoms with E-state index in [1.807, 2.05) is 43.3 Å². The van der Waals surface area contributed by atoms with Crippen molar-refractivity contribution in [3.63, 3.8) is 0 Å². The van der Waals surface area contributed by atoms with E-state index in [0.29, 0.717) is 22.6 Å². The highest BCUT2D eigenvalue weighted by atomic mass is 35.5. The van der Waals surface area contributed by atoms with Gasteiger partial charge in [0.15, 0.2) is 5.78 Å². The van der Waals surface area contributed by atoms with Crippen LogP contribution in [-0.4, -0.2) is 37.5 Å². The molecule has 0 unspecified atom stereocenters. The van der Waals surface area contributed by atoms with Crippen LogP contribution >= 0.6 is 11.6 Å². The van der Waals surface area contributed by atoms with Gasteiger partial charge in [-0.15, -0.1) is 0 Å². The third-order valence-corrected chi connectivity index (χ3v) is 8.53. The summed E-state index contributed by atoms with van der Waals surface area (Å²) in [6.07, 6.45) is 0.427. The van der Waals surface area contributed by atoms with Crippen LogP contribution in [0.3, 0.4) is 0 Å². The maximum Gasteiger partial charge on any atom is 0.243 e. The fourth-order valence-corrected chi connectivity index (χ4v) is 6.09. The predicted molar refractivity (Wildman–Crippen MR) is 155 cm³/mol. The van der Waals surface area contributed by atoms with Crippen molar-refractivity contribution in [2.24, 2.45) is 0 Å². The van der Waals surface area contributed by atoms with Gasteiger partial charge < -0.3 is 5.32 Å². The molecule has 4 aromatic carbocycles. The lowest BCUT2D eigenvalue weighted by Crippen LogP contribution is -2.39. The Kier molecular flexibility index (Phi) is 8.97. The Morgan fingerprint density at radius 3 is 2.21 bits per heavy atom. The largest absolute Gasteiger partial charge is 0.324 e. The van der Waals surface area contributed by atoms with Crippen LogP contribution in [0.2, 0.25) is 5.02 Å². The van der Waals surface area contributed by atoms with Crippen LogP contribution in [-0.2, 0) is 21.2 Å². The third-order valence-electron chi connectivity index (χ3n) is 6.31. The molecule has 0 bridgehead atoms. The molecule has 0 aliphatic rings. The summed E-state index contributed by atoms with van der Waals surface area (Å²) < 4.78 is 28.8. The molecule has 1 amide bonds. The first-order chi connectivity index (χ1) is 18.6. The normalized spacial score (nSPS) is 11.4.